The van der Waals surface area contributed by atoms with Crippen molar-refractivity contribution in [2.45, 2.75) is 19.3 Å². The predicted octanol–water partition coefficient (Wildman–Crippen LogP) is 2.85. The van der Waals surface area contributed by atoms with Crippen LogP contribution in [0.15, 0.2) is 12.3 Å². The van der Waals surface area contributed by atoms with Crippen molar-refractivity contribution in [3.05, 3.63) is 29.1 Å². The first kappa shape index (κ1) is 11.8. The van der Waals surface area contributed by atoms with Crippen molar-refractivity contribution >= 4 is 0 Å². The number of alkyl halides is 6. The third-order valence-corrected chi connectivity index (χ3v) is 1.85. The van der Waals surface area contributed by atoms with Gasteiger partial charge >= 0.3 is 12.4 Å². The molecule has 1 aromatic rings. The molecule has 0 saturated heterocycles. The molecule has 0 fully saturated rings. The number of halogens is 6. The Balaban J connectivity index is 3.37. The standard InChI is InChI=1S/C8H5F6N/c1-4-5(7(9,10)11)2-3-15-6(4)8(12,13)14/h2-3H,1H3/p+1. The van der Waals surface area contributed by atoms with Gasteiger partial charge in [0.05, 0.1) is 5.56 Å². The number of hydrogen-bond acceptors (Lipinski definition) is 0. The molecule has 0 aliphatic rings. The Kier molecular flexibility index (Phi) is 2.67. The third-order valence-electron chi connectivity index (χ3n) is 1.85. The lowest BCUT2D eigenvalue weighted by atomic mass is 10.1. The Morgan fingerprint density at radius 3 is 1.93 bits per heavy atom. The Morgan fingerprint density at radius 1 is 1.00 bits per heavy atom. The van der Waals surface area contributed by atoms with Gasteiger partial charge in [-0.15, -0.1) is 0 Å². The lowest BCUT2D eigenvalue weighted by Gasteiger charge is -2.10. The molecule has 1 N–H and O–H groups in total. The second-order valence-electron chi connectivity index (χ2n) is 2.89. The summed E-state index contributed by atoms with van der Waals surface area (Å²) in [6, 6.07) is 0.574. The third kappa shape index (κ3) is 2.40. The van der Waals surface area contributed by atoms with E-state index in [4.69, 9.17) is 0 Å². The van der Waals surface area contributed by atoms with Crippen LogP contribution >= 0.6 is 0 Å². The molecule has 0 radical (unpaired) electrons. The Bertz CT molecular complexity index is 332. The first-order valence-corrected chi connectivity index (χ1v) is 3.79. The van der Waals surface area contributed by atoms with Gasteiger partial charge < -0.3 is 0 Å². The molecule has 0 bridgehead atoms. The van der Waals surface area contributed by atoms with E-state index in [1.165, 1.54) is 0 Å². The van der Waals surface area contributed by atoms with E-state index in [1.54, 1.807) is 4.98 Å². The first-order valence-electron chi connectivity index (χ1n) is 3.79. The van der Waals surface area contributed by atoms with E-state index in [0.29, 0.717) is 12.3 Å². The van der Waals surface area contributed by atoms with Gasteiger partial charge in [0, 0.05) is 11.6 Å². The number of H-pyrrole nitrogens is 1. The molecule has 1 aromatic heterocycles. The fourth-order valence-corrected chi connectivity index (χ4v) is 1.18. The van der Waals surface area contributed by atoms with Crippen LogP contribution < -0.4 is 4.98 Å². The molecule has 0 spiro atoms. The second-order valence-corrected chi connectivity index (χ2v) is 2.89. The van der Waals surface area contributed by atoms with Crippen molar-refractivity contribution in [2.24, 2.45) is 0 Å². The van der Waals surface area contributed by atoms with E-state index in [1.807, 2.05) is 0 Å². The molecule has 1 rings (SSSR count). The SMILES string of the molecule is Cc1c(C(F)(F)F)cc[nH+]c1C(F)(F)F. The maximum atomic E-state index is 12.2. The maximum Gasteiger partial charge on any atom is 0.477 e. The van der Waals surface area contributed by atoms with Crippen LogP contribution in [-0.2, 0) is 12.4 Å². The van der Waals surface area contributed by atoms with Crippen molar-refractivity contribution in [1.82, 2.24) is 0 Å². The van der Waals surface area contributed by atoms with Gasteiger partial charge in [0.2, 0.25) is 0 Å². The summed E-state index contributed by atoms with van der Waals surface area (Å²) >= 11 is 0. The van der Waals surface area contributed by atoms with Gasteiger partial charge in [0.25, 0.3) is 5.69 Å². The van der Waals surface area contributed by atoms with Crippen molar-refractivity contribution < 1.29 is 31.3 Å². The van der Waals surface area contributed by atoms with E-state index in [0.717, 1.165) is 6.92 Å². The molecular weight excluding hydrogens is 224 g/mol. The van der Waals surface area contributed by atoms with Crippen LogP contribution in [0, 0.1) is 6.92 Å². The summed E-state index contributed by atoms with van der Waals surface area (Å²) in [7, 11) is 0. The normalized spacial score (nSPS) is 13.0. The highest BCUT2D eigenvalue weighted by Crippen LogP contribution is 2.36. The van der Waals surface area contributed by atoms with Gasteiger partial charge in [-0.05, 0) is 6.92 Å². The lowest BCUT2D eigenvalue weighted by Crippen LogP contribution is -2.25. The maximum absolute atomic E-state index is 12.2. The summed E-state index contributed by atoms with van der Waals surface area (Å²) in [5.74, 6) is 0. The minimum atomic E-state index is -4.81. The summed E-state index contributed by atoms with van der Waals surface area (Å²) in [4.78, 5) is 1.76. The van der Waals surface area contributed by atoms with Gasteiger partial charge in [0.1, 0.15) is 0 Å². The summed E-state index contributed by atoms with van der Waals surface area (Å²) in [6.07, 6.45) is -8.97. The Hall–Kier alpha value is -1.27. The average molecular weight is 230 g/mol. The molecule has 15 heavy (non-hydrogen) atoms. The van der Waals surface area contributed by atoms with E-state index in [9.17, 15) is 26.3 Å². The number of aromatic amines is 1. The topological polar surface area (TPSA) is 14.1 Å². The minimum absolute atomic E-state index is 0.574. The van der Waals surface area contributed by atoms with Gasteiger partial charge in [-0.25, -0.2) is 4.98 Å². The molecule has 84 valence electrons. The van der Waals surface area contributed by atoms with Crippen LogP contribution in [0.2, 0.25) is 0 Å². The molecule has 1 heterocycles. The fourth-order valence-electron chi connectivity index (χ4n) is 1.18. The highest BCUT2D eigenvalue weighted by Gasteiger charge is 2.44. The molecule has 0 atom stereocenters. The average Bonchev–Trinajstić information content (AvgIpc) is 1.99. The summed E-state index contributed by atoms with van der Waals surface area (Å²) in [6.45, 7) is 0.780. The molecule has 0 aliphatic carbocycles. The zero-order chi connectivity index (χ0) is 11.9. The van der Waals surface area contributed by atoms with E-state index in [2.05, 4.69) is 0 Å². The molecule has 0 unspecified atom stereocenters. The van der Waals surface area contributed by atoms with Crippen LogP contribution in [0.1, 0.15) is 16.8 Å². The van der Waals surface area contributed by atoms with Crippen molar-refractivity contribution in [2.75, 3.05) is 0 Å². The molecule has 0 saturated carbocycles. The zero-order valence-corrected chi connectivity index (χ0v) is 7.42. The minimum Gasteiger partial charge on any atom is -0.207 e. The lowest BCUT2D eigenvalue weighted by molar-refractivity contribution is -0.427. The monoisotopic (exact) mass is 230 g/mol. The molecule has 0 aromatic carbocycles. The van der Waals surface area contributed by atoms with Crippen LogP contribution in [0.5, 0.6) is 0 Å². The van der Waals surface area contributed by atoms with Gasteiger partial charge in [-0.1, -0.05) is 0 Å². The van der Waals surface area contributed by atoms with Gasteiger partial charge in [-0.3, -0.25) is 0 Å². The predicted molar refractivity (Wildman–Crippen MR) is 37.7 cm³/mol. The zero-order valence-electron chi connectivity index (χ0n) is 7.42. The van der Waals surface area contributed by atoms with Crippen LogP contribution in [-0.4, -0.2) is 0 Å². The smallest absolute Gasteiger partial charge is 0.207 e. The highest BCUT2D eigenvalue weighted by atomic mass is 19.4. The number of rotatable bonds is 0. The number of aromatic nitrogens is 1. The Morgan fingerprint density at radius 2 is 1.53 bits per heavy atom. The number of pyridine rings is 1. The number of hydrogen-bond donors (Lipinski definition) is 0. The van der Waals surface area contributed by atoms with E-state index in [-0.39, 0.29) is 0 Å². The van der Waals surface area contributed by atoms with Gasteiger partial charge in [0.15, 0.2) is 6.20 Å². The molecule has 0 amide bonds. The highest BCUT2D eigenvalue weighted by molar-refractivity contribution is 5.29. The van der Waals surface area contributed by atoms with Crippen molar-refractivity contribution in [3.63, 3.8) is 0 Å². The van der Waals surface area contributed by atoms with Crippen LogP contribution in [0.25, 0.3) is 0 Å². The second kappa shape index (κ2) is 3.39. The molecule has 7 heteroatoms. The van der Waals surface area contributed by atoms with E-state index >= 15 is 0 Å². The van der Waals surface area contributed by atoms with Crippen LogP contribution in [0.4, 0.5) is 26.3 Å². The van der Waals surface area contributed by atoms with Crippen molar-refractivity contribution in [1.29, 1.82) is 0 Å². The molecule has 1 nitrogen and oxygen atoms in total. The largest absolute Gasteiger partial charge is 0.477 e. The number of nitrogens with one attached hydrogen (secondary N) is 1. The van der Waals surface area contributed by atoms with Gasteiger partial charge in [-0.2, -0.15) is 26.3 Å². The molecule has 0 aliphatic heterocycles. The summed E-state index contributed by atoms with van der Waals surface area (Å²) < 4.78 is 73.4. The van der Waals surface area contributed by atoms with E-state index < -0.39 is 29.2 Å². The molecular formula is C8H6F6N+. The van der Waals surface area contributed by atoms with Crippen molar-refractivity contribution in [3.8, 4) is 0 Å². The quantitative estimate of drug-likeness (QED) is 0.608. The first-order chi connectivity index (χ1) is 6.64. The van der Waals surface area contributed by atoms with Crippen LogP contribution in [0.3, 0.4) is 0 Å². The summed E-state index contributed by atoms with van der Waals surface area (Å²) in [5, 5.41) is 0. The Labute approximate surface area is 80.7 Å². The summed E-state index contributed by atoms with van der Waals surface area (Å²) in [5.41, 5.74) is -3.51. The fraction of sp³-hybridized carbons (Fsp3) is 0.375.